The summed E-state index contributed by atoms with van der Waals surface area (Å²) >= 11 is 0. The molecular weight excluding hydrogens is 112 g/mol. The molecule has 0 amide bonds. The van der Waals surface area contributed by atoms with Gasteiger partial charge in [0, 0.05) is 0 Å². The Morgan fingerprint density at radius 3 is 2.38 bits per heavy atom. The quantitative estimate of drug-likeness (QED) is 0.448. The summed E-state index contributed by atoms with van der Waals surface area (Å²) in [5, 5.41) is 16.5. The van der Waals surface area contributed by atoms with Crippen molar-refractivity contribution in [2.45, 2.75) is 5.60 Å². The molecule has 2 N–H and O–H groups in total. The van der Waals surface area contributed by atoms with E-state index in [9.17, 15) is 4.79 Å². The summed E-state index contributed by atoms with van der Waals surface area (Å²) in [6, 6.07) is 0. The van der Waals surface area contributed by atoms with Gasteiger partial charge in [0.05, 0.1) is 13.2 Å². The molecule has 46 valence electrons. The molecule has 0 bridgehead atoms. The van der Waals surface area contributed by atoms with Gasteiger partial charge >= 0.3 is 5.97 Å². The molecule has 1 aliphatic heterocycles. The number of rotatable bonds is 2. The first kappa shape index (κ1) is 5.53. The van der Waals surface area contributed by atoms with E-state index in [1.165, 1.54) is 0 Å². The molecule has 0 aromatic rings. The summed E-state index contributed by atoms with van der Waals surface area (Å²) in [6.07, 6.45) is 0. The molecular formula is C4H6O4. The van der Waals surface area contributed by atoms with Crippen molar-refractivity contribution in [3.8, 4) is 0 Å². The van der Waals surface area contributed by atoms with Gasteiger partial charge in [0.1, 0.15) is 0 Å². The summed E-state index contributed by atoms with van der Waals surface area (Å²) in [5.74, 6) is -1.08. The molecule has 8 heavy (non-hydrogen) atoms. The van der Waals surface area contributed by atoms with E-state index in [4.69, 9.17) is 10.2 Å². The average Bonchev–Trinajstić information content (AvgIpc) is 2.44. The van der Waals surface area contributed by atoms with Crippen LogP contribution in [0.4, 0.5) is 0 Å². The predicted octanol–water partition coefficient (Wildman–Crippen LogP) is -1.17. The van der Waals surface area contributed by atoms with E-state index < -0.39 is 18.2 Å². The van der Waals surface area contributed by atoms with Gasteiger partial charge in [0.25, 0.3) is 0 Å². The summed E-state index contributed by atoms with van der Waals surface area (Å²) in [7, 11) is 0. The van der Waals surface area contributed by atoms with Crippen molar-refractivity contribution in [1.29, 1.82) is 0 Å². The van der Waals surface area contributed by atoms with Crippen LogP contribution in [0.25, 0.3) is 0 Å². The Bertz CT molecular complexity index is 115. The fourth-order valence-corrected chi connectivity index (χ4v) is 0.370. The van der Waals surface area contributed by atoms with Crippen molar-refractivity contribution in [1.82, 2.24) is 0 Å². The molecule has 1 rings (SSSR count). The van der Waals surface area contributed by atoms with E-state index in [1.54, 1.807) is 0 Å². The molecule has 4 heteroatoms. The number of aliphatic hydroxyl groups excluding tert-OH is 1. The van der Waals surface area contributed by atoms with Crippen molar-refractivity contribution in [3.05, 3.63) is 0 Å². The lowest BCUT2D eigenvalue weighted by Crippen LogP contribution is -2.27. The Hall–Kier alpha value is -0.610. The molecule has 0 saturated carbocycles. The van der Waals surface area contributed by atoms with E-state index in [-0.39, 0.29) is 6.61 Å². The van der Waals surface area contributed by atoms with Gasteiger partial charge in [-0.15, -0.1) is 0 Å². The Morgan fingerprint density at radius 1 is 1.88 bits per heavy atom. The highest BCUT2D eigenvalue weighted by Crippen LogP contribution is 2.25. The Morgan fingerprint density at radius 2 is 2.38 bits per heavy atom. The first-order valence-corrected chi connectivity index (χ1v) is 2.19. The van der Waals surface area contributed by atoms with Crippen molar-refractivity contribution in [2.24, 2.45) is 0 Å². The summed E-state index contributed by atoms with van der Waals surface area (Å²) in [5.41, 5.74) is -1.24. The van der Waals surface area contributed by atoms with Crippen LogP contribution in [0.3, 0.4) is 0 Å². The van der Waals surface area contributed by atoms with Crippen LogP contribution < -0.4 is 0 Å². The molecule has 0 aromatic carbocycles. The van der Waals surface area contributed by atoms with Crippen molar-refractivity contribution < 1.29 is 19.7 Å². The number of aliphatic carboxylic acids is 1. The van der Waals surface area contributed by atoms with Crippen LogP contribution in [0.2, 0.25) is 0 Å². The topological polar surface area (TPSA) is 70.1 Å². The fourth-order valence-electron chi connectivity index (χ4n) is 0.370. The third kappa shape index (κ3) is 0.579. The lowest BCUT2D eigenvalue weighted by atomic mass is 10.2. The van der Waals surface area contributed by atoms with Gasteiger partial charge in [0.2, 0.25) is 5.60 Å². The lowest BCUT2D eigenvalue weighted by Gasteiger charge is -1.96. The maximum Gasteiger partial charge on any atom is 0.340 e. The highest BCUT2D eigenvalue weighted by Gasteiger charge is 2.52. The third-order valence-electron chi connectivity index (χ3n) is 1.14. The van der Waals surface area contributed by atoms with Crippen molar-refractivity contribution in [2.75, 3.05) is 13.2 Å². The number of hydrogen-bond acceptors (Lipinski definition) is 3. The highest BCUT2D eigenvalue weighted by molar-refractivity contribution is 5.80. The fraction of sp³-hybridized carbons (Fsp3) is 0.750. The number of epoxide rings is 1. The van der Waals surface area contributed by atoms with Crippen molar-refractivity contribution >= 4 is 5.97 Å². The number of carboxylic acid groups (broad SMARTS) is 1. The molecule has 1 fully saturated rings. The minimum atomic E-state index is -1.24. The first-order chi connectivity index (χ1) is 3.71. The standard InChI is InChI=1S/C4H6O4/c5-1-4(2-8-4)3(6)7/h5H,1-2H2,(H,6,7). The van der Waals surface area contributed by atoms with E-state index in [2.05, 4.69) is 4.74 Å². The lowest BCUT2D eigenvalue weighted by molar-refractivity contribution is -0.144. The second kappa shape index (κ2) is 1.43. The highest BCUT2D eigenvalue weighted by atomic mass is 16.6. The second-order valence-corrected chi connectivity index (χ2v) is 1.75. The van der Waals surface area contributed by atoms with Gasteiger partial charge in [-0.3, -0.25) is 0 Å². The zero-order valence-corrected chi connectivity index (χ0v) is 4.13. The van der Waals surface area contributed by atoms with Gasteiger partial charge in [-0.25, -0.2) is 4.79 Å². The van der Waals surface area contributed by atoms with E-state index >= 15 is 0 Å². The van der Waals surface area contributed by atoms with E-state index in [1.807, 2.05) is 0 Å². The zero-order chi connectivity index (χ0) is 6.20. The van der Waals surface area contributed by atoms with Crippen LogP contribution in [-0.4, -0.2) is 35.0 Å². The van der Waals surface area contributed by atoms with Crippen molar-refractivity contribution in [3.63, 3.8) is 0 Å². The molecule has 1 heterocycles. The maximum absolute atomic E-state index is 10.0. The number of aliphatic hydroxyl groups is 1. The van der Waals surface area contributed by atoms with Crippen LogP contribution >= 0.6 is 0 Å². The van der Waals surface area contributed by atoms with E-state index in [0.717, 1.165) is 0 Å². The first-order valence-electron chi connectivity index (χ1n) is 2.19. The van der Waals surface area contributed by atoms with Gasteiger partial charge < -0.3 is 14.9 Å². The Balaban J connectivity index is 2.53. The molecule has 1 unspecified atom stereocenters. The molecule has 0 aliphatic carbocycles. The largest absolute Gasteiger partial charge is 0.479 e. The molecule has 0 spiro atoms. The van der Waals surface area contributed by atoms with Gasteiger partial charge in [-0.2, -0.15) is 0 Å². The monoisotopic (exact) mass is 118 g/mol. The average molecular weight is 118 g/mol. The molecule has 1 saturated heterocycles. The SMILES string of the molecule is O=C(O)C1(CO)CO1. The molecule has 0 aromatic heterocycles. The Kier molecular flexibility index (Phi) is 0.988. The van der Waals surface area contributed by atoms with Crippen LogP contribution in [0, 0.1) is 0 Å². The number of ether oxygens (including phenoxy) is 1. The summed E-state index contributed by atoms with van der Waals surface area (Å²) < 4.78 is 4.46. The molecule has 4 nitrogen and oxygen atoms in total. The van der Waals surface area contributed by atoms with Gasteiger partial charge in [-0.05, 0) is 0 Å². The number of hydrogen-bond donors (Lipinski definition) is 2. The van der Waals surface area contributed by atoms with Crippen LogP contribution in [-0.2, 0) is 9.53 Å². The zero-order valence-electron chi connectivity index (χ0n) is 4.13. The maximum atomic E-state index is 10.0. The third-order valence-corrected chi connectivity index (χ3v) is 1.14. The molecule has 0 radical (unpaired) electrons. The molecule has 1 atom stereocenters. The van der Waals surface area contributed by atoms with Gasteiger partial charge in [-0.1, -0.05) is 0 Å². The van der Waals surface area contributed by atoms with Gasteiger partial charge in [0.15, 0.2) is 0 Å². The van der Waals surface area contributed by atoms with Crippen LogP contribution in [0.15, 0.2) is 0 Å². The smallest absolute Gasteiger partial charge is 0.340 e. The Labute approximate surface area is 45.7 Å². The summed E-state index contributed by atoms with van der Waals surface area (Å²) in [4.78, 5) is 10.0. The number of carbonyl (C=O) groups is 1. The van der Waals surface area contributed by atoms with E-state index in [0.29, 0.717) is 0 Å². The normalized spacial score (nSPS) is 34.6. The molecule has 1 aliphatic rings. The minimum Gasteiger partial charge on any atom is -0.479 e. The summed E-state index contributed by atoms with van der Waals surface area (Å²) in [6.45, 7) is -0.291. The van der Waals surface area contributed by atoms with Crippen LogP contribution in [0.1, 0.15) is 0 Å². The number of carboxylic acids is 1. The predicted molar refractivity (Wildman–Crippen MR) is 23.4 cm³/mol. The van der Waals surface area contributed by atoms with Crippen LogP contribution in [0.5, 0.6) is 0 Å². The second-order valence-electron chi connectivity index (χ2n) is 1.75. The minimum absolute atomic E-state index is 0.138.